The smallest absolute Gasteiger partial charge is 0.312 e. The van der Waals surface area contributed by atoms with Gasteiger partial charge in [0.1, 0.15) is 37.4 Å². The van der Waals surface area contributed by atoms with E-state index >= 15 is 0 Å². The minimum Gasteiger partial charge on any atom is -0.469 e. The molecule has 0 spiro atoms. The predicted octanol–water partition coefficient (Wildman–Crippen LogP) is 3.52. The number of nitrogens with two attached hydrogens (primary N) is 1. The maximum Gasteiger partial charge on any atom is 0.312 e. The summed E-state index contributed by atoms with van der Waals surface area (Å²) < 4.78 is 28.0. The largest absolute Gasteiger partial charge is 0.469 e. The lowest BCUT2D eigenvalue weighted by molar-refractivity contribution is -0.151. The fraction of sp³-hybridized carbons (Fsp3) is 0.681. The number of methoxy groups -OCH3 is 3. The van der Waals surface area contributed by atoms with Crippen LogP contribution in [0.4, 0.5) is 10.5 Å². The number of esters is 1. The molecule has 2 aliphatic heterocycles. The number of carbonyl (C=O) groups is 11. The number of nitrogens with one attached hydrogen (secondary N) is 7. The molecule has 2 aromatic carbocycles. The Hall–Kier alpha value is -7.79. The van der Waals surface area contributed by atoms with Crippen molar-refractivity contribution in [2.75, 3.05) is 93.9 Å². The van der Waals surface area contributed by atoms with Gasteiger partial charge < -0.3 is 81.3 Å². The Bertz CT molecular complexity index is 2970. The third-order valence-corrected chi connectivity index (χ3v) is 19.0. The Kier molecular flexibility index (Phi) is 35.9. The van der Waals surface area contributed by atoms with E-state index in [4.69, 9.17) is 29.4 Å². The Morgan fingerprint density at radius 3 is 1.86 bits per heavy atom. The SMILES string of the molecule is CC[C@H](C)[C@@H]([C@@H](CC(=O)N1CCC[C@H]1[C@H](OC)[C@@H](C)C(=O)N[C@@H](Cc1ccccc1)C(=O)NCc1ccc(NC(=O)[C@H](CCCNC(N)=O)NC(=O)[C@@H](NC(=O)COCCOCC(=O)N2CCC(C(=O)OC)CC2C)C(C)C)cc1)OC)N(C)C(=O)[C@@H](NC(=O)[C@H](C(C)C)N(C)C)C(C)C. The van der Waals surface area contributed by atoms with Crippen LogP contribution >= 0.6 is 0 Å². The van der Waals surface area contributed by atoms with Crippen molar-refractivity contribution < 1.29 is 76.4 Å². The molecule has 28 nitrogen and oxygen atoms in total. The minimum atomic E-state index is -1.14. The van der Waals surface area contributed by atoms with E-state index in [1.54, 1.807) is 66.8 Å². The van der Waals surface area contributed by atoms with Crippen LogP contribution in [0.1, 0.15) is 132 Å². The fourth-order valence-electron chi connectivity index (χ4n) is 13.3. The van der Waals surface area contributed by atoms with Crippen LogP contribution in [0.3, 0.4) is 0 Å². The monoisotopic (exact) mass is 1400 g/mol. The zero-order valence-corrected chi connectivity index (χ0v) is 61.9. The van der Waals surface area contributed by atoms with E-state index in [1.807, 2.05) is 97.8 Å². The molecule has 2 saturated heterocycles. The fourth-order valence-corrected chi connectivity index (χ4v) is 13.3. The van der Waals surface area contributed by atoms with E-state index in [9.17, 15) is 52.7 Å². The van der Waals surface area contributed by atoms with Gasteiger partial charge in [0.25, 0.3) is 0 Å². The lowest BCUT2D eigenvalue weighted by Crippen LogP contribution is -2.59. The van der Waals surface area contributed by atoms with Gasteiger partial charge in [-0.25, -0.2) is 4.79 Å². The molecular formula is C72H116N12O16. The summed E-state index contributed by atoms with van der Waals surface area (Å²) in [7, 11) is 9.73. The summed E-state index contributed by atoms with van der Waals surface area (Å²) >= 11 is 0. The van der Waals surface area contributed by atoms with Gasteiger partial charge in [-0.15, -0.1) is 0 Å². The molecule has 560 valence electrons. The number of likely N-dealkylation sites (tertiary alicyclic amines) is 2. The first kappa shape index (κ1) is 84.6. The molecule has 0 aromatic heterocycles. The van der Waals surface area contributed by atoms with E-state index in [0.717, 1.165) is 5.56 Å². The summed E-state index contributed by atoms with van der Waals surface area (Å²) in [6, 6.07) is 9.33. The van der Waals surface area contributed by atoms with Crippen LogP contribution in [0.2, 0.25) is 0 Å². The van der Waals surface area contributed by atoms with Crippen LogP contribution < -0.4 is 43.0 Å². The van der Waals surface area contributed by atoms with Gasteiger partial charge in [-0.2, -0.15) is 0 Å². The molecule has 9 N–H and O–H groups in total. The molecular weight excluding hydrogens is 1290 g/mol. The number of anilines is 1. The predicted molar refractivity (Wildman–Crippen MR) is 377 cm³/mol. The van der Waals surface area contributed by atoms with E-state index in [1.165, 1.54) is 21.3 Å². The number of ether oxygens (including phenoxy) is 5. The number of urea groups is 1. The van der Waals surface area contributed by atoms with Crippen molar-refractivity contribution >= 4 is 70.9 Å². The van der Waals surface area contributed by atoms with Gasteiger partial charge in [0.2, 0.25) is 53.2 Å². The Labute approximate surface area is 591 Å². The minimum absolute atomic E-state index is 0.00874. The Balaban J connectivity index is 1.39. The maximum atomic E-state index is 14.6. The second kappa shape index (κ2) is 42.5. The number of hydrogen-bond donors (Lipinski definition) is 8. The zero-order chi connectivity index (χ0) is 74.5. The second-order valence-electron chi connectivity index (χ2n) is 27.7. The highest BCUT2D eigenvalue weighted by molar-refractivity contribution is 5.99. The number of rotatable bonds is 41. The molecule has 13 atom stereocenters. The van der Waals surface area contributed by atoms with E-state index in [-0.39, 0.29) is 118 Å². The van der Waals surface area contributed by atoms with E-state index in [2.05, 4.69) is 37.2 Å². The van der Waals surface area contributed by atoms with Crippen molar-refractivity contribution in [3.8, 4) is 0 Å². The Morgan fingerprint density at radius 2 is 1.29 bits per heavy atom. The standard InChI is InChI=1S/C72H116N12O16/c1-17-46(8)63(82(13)70(93)61(44(4)5)80-69(92)62(45(6)7)81(11)12)56(96-14)39-58(86)84-33-22-26-55(84)64(97-15)48(10)65(88)78-54(38-49-23-19-18-20-24-49)66(89)75-40-50-27-29-52(30-28-50)76-67(90)53(25-21-32-74-72(73)95)77-68(91)60(43(2)3)79-57(85)41-99-35-36-100-42-59(87)83-34-31-51(37-47(83)9)71(94)98-16/h18-20,23-24,27-30,43-48,51,53-56,60-64H,17,21-22,25-26,31-42H2,1-16H3,(H,75,89)(H,76,90)(H,77,91)(H,78,88)(H,79,85)(H,80,92)(H3,73,74,95)/t46-,47?,48+,51?,53-,54-,55-,56+,60-,61-,62-,63-,64+/m0/s1. The van der Waals surface area contributed by atoms with Crippen LogP contribution in [0.25, 0.3) is 0 Å². The van der Waals surface area contributed by atoms with Crippen molar-refractivity contribution in [3.05, 3.63) is 65.7 Å². The van der Waals surface area contributed by atoms with Crippen molar-refractivity contribution in [1.29, 1.82) is 0 Å². The molecule has 0 aliphatic carbocycles. The molecule has 2 fully saturated rings. The summed E-state index contributed by atoms with van der Waals surface area (Å²) in [6.07, 6.45) is 1.73. The molecule has 4 rings (SSSR count). The summed E-state index contributed by atoms with van der Waals surface area (Å²) in [5, 5.41) is 19.7. The molecule has 0 saturated carbocycles. The number of benzene rings is 2. The molecule has 11 amide bonds. The van der Waals surface area contributed by atoms with Gasteiger partial charge in [0.05, 0.1) is 68.9 Å². The lowest BCUT2D eigenvalue weighted by Gasteiger charge is -2.41. The molecule has 0 radical (unpaired) electrons. The molecule has 2 unspecified atom stereocenters. The summed E-state index contributed by atoms with van der Waals surface area (Å²) in [4.78, 5) is 156. The highest BCUT2D eigenvalue weighted by atomic mass is 16.5. The van der Waals surface area contributed by atoms with Crippen molar-refractivity contribution in [1.82, 2.24) is 51.5 Å². The van der Waals surface area contributed by atoms with E-state index < -0.39 is 109 Å². The van der Waals surface area contributed by atoms with Crippen molar-refractivity contribution in [2.45, 2.75) is 194 Å². The zero-order valence-electron chi connectivity index (χ0n) is 61.9. The third kappa shape index (κ3) is 26.0. The average Bonchev–Trinajstić information content (AvgIpc) is 1.49. The summed E-state index contributed by atoms with van der Waals surface area (Å²) in [5.74, 6) is -5.97. The molecule has 28 heteroatoms. The normalized spacial score (nSPS) is 18.5. The number of hydrogen-bond acceptors (Lipinski definition) is 17. The highest BCUT2D eigenvalue weighted by Gasteiger charge is 2.44. The Morgan fingerprint density at radius 1 is 0.650 bits per heavy atom. The van der Waals surface area contributed by atoms with Crippen LogP contribution in [-0.2, 0) is 84.6 Å². The van der Waals surface area contributed by atoms with Crippen molar-refractivity contribution in [3.63, 3.8) is 0 Å². The van der Waals surface area contributed by atoms with Gasteiger partial charge in [0.15, 0.2) is 0 Å². The average molecular weight is 1410 g/mol. The topological polar surface area (TPSA) is 357 Å². The van der Waals surface area contributed by atoms with Crippen LogP contribution in [0.5, 0.6) is 0 Å². The first-order valence-electron chi connectivity index (χ1n) is 35.2. The number of likely N-dealkylation sites (N-methyl/N-ethyl adjacent to an activating group) is 2. The van der Waals surface area contributed by atoms with Gasteiger partial charge in [-0.3, -0.25) is 52.8 Å². The van der Waals surface area contributed by atoms with Crippen LogP contribution in [-0.4, -0.2) is 234 Å². The van der Waals surface area contributed by atoms with Gasteiger partial charge in [-0.1, -0.05) is 111 Å². The molecule has 2 aromatic rings. The second-order valence-corrected chi connectivity index (χ2v) is 27.7. The van der Waals surface area contributed by atoms with Gasteiger partial charge in [0, 0.05) is 65.6 Å². The van der Waals surface area contributed by atoms with E-state index in [0.29, 0.717) is 56.4 Å². The number of carbonyl (C=O) groups excluding carboxylic acids is 11. The number of nitrogens with zero attached hydrogens (tertiary/aromatic N) is 4. The first-order chi connectivity index (χ1) is 47.4. The molecule has 2 aliphatic rings. The van der Waals surface area contributed by atoms with Gasteiger partial charge >= 0.3 is 12.0 Å². The number of amides is 11. The molecule has 100 heavy (non-hydrogen) atoms. The van der Waals surface area contributed by atoms with Crippen LogP contribution in [0.15, 0.2) is 54.6 Å². The third-order valence-electron chi connectivity index (χ3n) is 19.0. The molecule has 0 bridgehead atoms. The highest BCUT2D eigenvalue weighted by Crippen LogP contribution is 2.31. The number of piperidine rings is 1. The first-order valence-corrected chi connectivity index (χ1v) is 35.2. The summed E-state index contributed by atoms with van der Waals surface area (Å²) in [6.45, 7) is 19.0. The lowest BCUT2D eigenvalue weighted by atomic mass is 9.89. The summed E-state index contributed by atoms with van der Waals surface area (Å²) in [5.41, 5.74) is 7.06. The van der Waals surface area contributed by atoms with Crippen molar-refractivity contribution in [2.24, 2.45) is 41.2 Å². The number of primary amides is 1. The maximum absolute atomic E-state index is 14.6. The molecule has 2 heterocycles. The van der Waals surface area contributed by atoms with Crippen LogP contribution in [0, 0.1) is 35.5 Å². The quantitative estimate of drug-likeness (QED) is 0.0349. The van der Waals surface area contributed by atoms with Gasteiger partial charge in [-0.05, 0) is 106 Å².